The monoisotopic (exact) mass is 376 g/mol. The number of rotatable bonds is 10. The number of ether oxygens (including phenoxy) is 2. The van der Waals surface area contributed by atoms with Gasteiger partial charge in [0.15, 0.2) is 5.96 Å². The van der Waals surface area contributed by atoms with Crippen molar-refractivity contribution in [3.05, 3.63) is 35.4 Å². The molecule has 0 unspecified atom stereocenters. The van der Waals surface area contributed by atoms with E-state index in [9.17, 15) is 0 Å². The molecule has 1 aliphatic rings. The van der Waals surface area contributed by atoms with Crippen LogP contribution in [0.4, 0.5) is 0 Å². The van der Waals surface area contributed by atoms with Gasteiger partial charge in [0.1, 0.15) is 0 Å². The Kier molecular flexibility index (Phi) is 10.2. The maximum atomic E-state index is 5.69. The number of benzene rings is 1. The SMILES string of the molecule is CCNC(=NCc1cccc(COC(C)C)c1)NCCCN1CCOCC1. The molecule has 6 heteroatoms. The number of aliphatic imine (C=N–C) groups is 1. The third kappa shape index (κ3) is 9.22. The van der Waals surface area contributed by atoms with Gasteiger partial charge < -0.3 is 20.1 Å². The Morgan fingerprint density at radius 2 is 2.00 bits per heavy atom. The van der Waals surface area contributed by atoms with Crippen molar-refractivity contribution in [3.63, 3.8) is 0 Å². The van der Waals surface area contributed by atoms with Crippen molar-refractivity contribution in [2.75, 3.05) is 45.9 Å². The Labute approximate surface area is 164 Å². The topological polar surface area (TPSA) is 58.1 Å². The molecule has 2 N–H and O–H groups in total. The van der Waals surface area contributed by atoms with Gasteiger partial charge in [-0.1, -0.05) is 24.3 Å². The zero-order chi connectivity index (χ0) is 19.3. The molecule has 0 spiro atoms. The van der Waals surface area contributed by atoms with Gasteiger partial charge in [0, 0.05) is 26.2 Å². The van der Waals surface area contributed by atoms with Crippen LogP contribution in [0.25, 0.3) is 0 Å². The second-order valence-electron chi connectivity index (χ2n) is 7.11. The average Bonchev–Trinajstić information content (AvgIpc) is 2.69. The van der Waals surface area contributed by atoms with Crippen LogP contribution in [-0.2, 0) is 22.6 Å². The summed E-state index contributed by atoms with van der Waals surface area (Å²) in [6.45, 7) is 14.2. The van der Waals surface area contributed by atoms with Crippen LogP contribution >= 0.6 is 0 Å². The van der Waals surface area contributed by atoms with Gasteiger partial charge in [0.05, 0.1) is 32.5 Å². The molecule has 1 aromatic rings. The molecular formula is C21H36N4O2. The summed E-state index contributed by atoms with van der Waals surface area (Å²) in [5, 5.41) is 6.77. The van der Waals surface area contributed by atoms with Crippen molar-refractivity contribution in [3.8, 4) is 0 Å². The Hall–Kier alpha value is -1.63. The minimum absolute atomic E-state index is 0.244. The fourth-order valence-electron chi connectivity index (χ4n) is 2.93. The minimum atomic E-state index is 0.244. The lowest BCUT2D eigenvalue weighted by atomic mass is 10.1. The molecule has 0 aromatic heterocycles. The maximum Gasteiger partial charge on any atom is 0.191 e. The second kappa shape index (κ2) is 12.7. The van der Waals surface area contributed by atoms with E-state index >= 15 is 0 Å². The van der Waals surface area contributed by atoms with E-state index in [1.807, 2.05) is 0 Å². The van der Waals surface area contributed by atoms with Crippen LogP contribution in [0.1, 0.15) is 38.3 Å². The van der Waals surface area contributed by atoms with E-state index in [0.29, 0.717) is 13.2 Å². The predicted octanol–water partition coefficient (Wildman–Crippen LogP) is 2.39. The summed E-state index contributed by atoms with van der Waals surface area (Å²) in [6, 6.07) is 8.47. The van der Waals surface area contributed by atoms with Gasteiger partial charge in [-0.3, -0.25) is 4.90 Å². The molecule has 1 aliphatic heterocycles. The molecule has 0 bridgehead atoms. The quantitative estimate of drug-likeness (QED) is 0.373. The van der Waals surface area contributed by atoms with Gasteiger partial charge in [-0.25, -0.2) is 4.99 Å². The van der Waals surface area contributed by atoms with E-state index in [1.54, 1.807) is 0 Å². The molecule has 1 heterocycles. The normalized spacial score (nSPS) is 15.9. The van der Waals surface area contributed by atoms with Gasteiger partial charge >= 0.3 is 0 Å². The number of hydrogen-bond acceptors (Lipinski definition) is 4. The van der Waals surface area contributed by atoms with Gasteiger partial charge in [0.2, 0.25) is 0 Å². The first-order valence-corrected chi connectivity index (χ1v) is 10.2. The van der Waals surface area contributed by atoms with Crippen LogP contribution < -0.4 is 10.6 Å². The summed E-state index contributed by atoms with van der Waals surface area (Å²) in [7, 11) is 0. The lowest BCUT2D eigenvalue weighted by Gasteiger charge is -2.26. The highest BCUT2D eigenvalue weighted by Gasteiger charge is 2.09. The molecule has 1 aromatic carbocycles. The van der Waals surface area contributed by atoms with Crippen LogP contribution in [0, 0.1) is 0 Å². The molecule has 0 aliphatic carbocycles. The van der Waals surface area contributed by atoms with Crippen LogP contribution in [0.15, 0.2) is 29.3 Å². The molecule has 0 saturated carbocycles. The Balaban J connectivity index is 1.77. The standard InChI is InChI=1S/C21H36N4O2/c1-4-22-21(23-9-6-10-25-11-13-26-14-12-25)24-16-19-7-5-8-20(15-19)17-27-18(2)3/h5,7-8,15,18H,4,6,9-14,16-17H2,1-3H3,(H2,22,23,24). The van der Waals surface area contributed by atoms with Crippen LogP contribution in [0.2, 0.25) is 0 Å². The predicted molar refractivity (Wildman–Crippen MR) is 111 cm³/mol. The number of hydrogen-bond donors (Lipinski definition) is 2. The Morgan fingerprint density at radius 3 is 2.74 bits per heavy atom. The highest BCUT2D eigenvalue weighted by atomic mass is 16.5. The molecule has 2 rings (SSSR count). The van der Waals surface area contributed by atoms with E-state index in [0.717, 1.165) is 58.3 Å². The van der Waals surface area contributed by atoms with Gasteiger partial charge in [0.25, 0.3) is 0 Å². The first-order valence-electron chi connectivity index (χ1n) is 10.2. The molecule has 152 valence electrons. The van der Waals surface area contributed by atoms with Crippen molar-refractivity contribution < 1.29 is 9.47 Å². The highest BCUT2D eigenvalue weighted by Crippen LogP contribution is 2.09. The summed E-state index contributed by atoms with van der Waals surface area (Å²) in [5.74, 6) is 0.878. The summed E-state index contributed by atoms with van der Waals surface area (Å²) < 4.78 is 11.1. The van der Waals surface area contributed by atoms with Crippen molar-refractivity contribution in [1.29, 1.82) is 0 Å². The third-order valence-electron chi connectivity index (χ3n) is 4.39. The first kappa shape index (κ1) is 21.7. The summed E-state index contributed by atoms with van der Waals surface area (Å²) in [5.41, 5.74) is 2.39. The van der Waals surface area contributed by atoms with E-state index in [4.69, 9.17) is 14.5 Å². The fourth-order valence-corrected chi connectivity index (χ4v) is 2.93. The summed E-state index contributed by atoms with van der Waals surface area (Å²) in [4.78, 5) is 7.18. The smallest absolute Gasteiger partial charge is 0.191 e. The van der Waals surface area contributed by atoms with Crippen molar-refractivity contribution >= 4 is 5.96 Å². The average molecular weight is 377 g/mol. The largest absolute Gasteiger partial charge is 0.379 e. The van der Waals surface area contributed by atoms with Crippen molar-refractivity contribution in [1.82, 2.24) is 15.5 Å². The zero-order valence-electron chi connectivity index (χ0n) is 17.2. The van der Waals surface area contributed by atoms with Gasteiger partial charge in [-0.05, 0) is 44.9 Å². The molecule has 0 radical (unpaired) electrons. The second-order valence-corrected chi connectivity index (χ2v) is 7.11. The number of guanidine groups is 1. The van der Waals surface area contributed by atoms with E-state index < -0.39 is 0 Å². The zero-order valence-corrected chi connectivity index (χ0v) is 17.2. The molecule has 1 saturated heterocycles. The number of morpholine rings is 1. The highest BCUT2D eigenvalue weighted by molar-refractivity contribution is 5.79. The first-order chi connectivity index (χ1) is 13.2. The van der Waals surface area contributed by atoms with Crippen molar-refractivity contribution in [2.45, 2.75) is 46.4 Å². The van der Waals surface area contributed by atoms with E-state index in [1.165, 1.54) is 11.1 Å². The molecule has 6 nitrogen and oxygen atoms in total. The van der Waals surface area contributed by atoms with Gasteiger partial charge in [-0.2, -0.15) is 0 Å². The Bertz CT molecular complexity index is 557. The summed E-state index contributed by atoms with van der Waals surface area (Å²) in [6.07, 6.45) is 1.35. The van der Waals surface area contributed by atoms with Crippen LogP contribution in [-0.4, -0.2) is 62.9 Å². The van der Waals surface area contributed by atoms with Crippen LogP contribution in [0.3, 0.4) is 0 Å². The van der Waals surface area contributed by atoms with E-state index in [-0.39, 0.29) is 6.10 Å². The fraction of sp³-hybridized carbons (Fsp3) is 0.667. The molecule has 27 heavy (non-hydrogen) atoms. The Morgan fingerprint density at radius 1 is 1.22 bits per heavy atom. The number of nitrogens with one attached hydrogen (secondary N) is 2. The lowest BCUT2D eigenvalue weighted by molar-refractivity contribution is 0.0376. The maximum absolute atomic E-state index is 5.69. The lowest BCUT2D eigenvalue weighted by Crippen LogP contribution is -2.40. The van der Waals surface area contributed by atoms with E-state index in [2.05, 4.69) is 60.6 Å². The third-order valence-corrected chi connectivity index (χ3v) is 4.39. The molecular weight excluding hydrogens is 340 g/mol. The summed E-state index contributed by atoms with van der Waals surface area (Å²) >= 11 is 0. The molecule has 0 atom stereocenters. The van der Waals surface area contributed by atoms with Crippen LogP contribution in [0.5, 0.6) is 0 Å². The number of nitrogens with zero attached hydrogens (tertiary/aromatic N) is 2. The molecule has 0 amide bonds. The molecule has 1 fully saturated rings. The van der Waals surface area contributed by atoms with Crippen molar-refractivity contribution in [2.24, 2.45) is 4.99 Å². The van der Waals surface area contributed by atoms with Gasteiger partial charge in [-0.15, -0.1) is 0 Å². The minimum Gasteiger partial charge on any atom is -0.379 e.